The number of aromatic nitrogens is 2. The SMILES string of the molecule is COCCOc1nc(Cl)ncc1Cl. The highest BCUT2D eigenvalue weighted by molar-refractivity contribution is 6.32. The zero-order chi connectivity index (χ0) is 9.68. The van der Waals surface area contributed by atoms with Crippen molar-refractivity contribution in [1.82, 2.24) is 9.97 Å². The molecule has 1 aromatic rings. The lowest BCUT2D eigenvalue weighted by Gasteiger charge is -2.05. The second kappa shape index (κ2) is 5.21. The van der Waals surface area contributed by atoms with E-state index in [0.29, 0.717) is 18.2 Å². The Balaban J connectivity index is 2.59. The molecule has 0 saturated carbocycles. The number of halogens is 2. The van der Waals surface area contributed by atoms with Crippen molar-refractivity contribution in [1.29, 1.82) is 0 Å². The molecule has 0 bridgehead atoms. The number of ether oxygens (including phenoxy) is 2. The number of hydrogen-bond acceptors (Lipinski definition) is 4. The maximum atomic E-state index is 5.73. The van der Waals surface area contributed by atoms with E-state index in [-0.39, 0.29) is 11.2 Å². The van der Waals surface area contributed by atoms with E-state index in [1.165, 1.54) is 6.20 Å². The molecule has 0 aliphatic carbocycles. The van der Waals surface area contributed by atoms with Gasteiger partial charge in [-0.05, 0) is 11.6 Å². The first-order chi connectivity index (χ1) is 6.24. The minimum atomic E-state index is 0.108. The van der Waals surface area contributed by atoms with Crippen molar-refractivity contribution >= 4 is 23.2 Å². The van der Waals surface area contributed by atoms with Gasteiger partial charge in [0.05, 0.1) is 12.8 Å². The molecule has 0 amide bonds. The molecule has 13 heavy (non-hydrogen) atoms. The van der Waals surface area contributed by atoms with Crippen LogP contribution in [-0.2, 0) is 4.74 Å². The van der Waals surface area contributed by atoms with Crippen LogP contribution in [0.3, 0.4) is 0 Å². The van der Waals surface area contributed by atoms with Crippen LogP contribution in [0.5, 0.6) is 5.88 Å². The molecule has 0 radical (unpaired) electrons. The highest BCUT2D eigenvalue weighted by atomic mass is 35.5. The van der Waals surface area contributed by atoms with Crippen molar-refractivity contribution in [3.05, 3.63) is 16.5 Å². The van der Waals surface area contributed by atoms with Crippen molar-refractivity contribution < 1.29 is 9.47 Å². The number of methoxy groups -OCH3 is 1. The zero-order valence-electron chi connectivity index (χ0n) is 6.96. The van der Waals surface area contributed by atoms with E-state index in [4.69, 9.17) is 32.7 Å². The molecular formula is C7H8Cl2N2O2. The summed E-state index contributed by atoms with van der Waals surface area (Å²) >= 11 is 11.3. The molecule has 0 aliphatic rings. The fourth-order valence-corrected chi connectivity index (χ4v) is 0.925. The fourth-order valence-electron chi connectivity index (χ4n) is 0.654. The standard InChI is InChI=1S/C7H8Cl2N2O2/c1-12-2-3-13-6-5(8)4-10-7(9)11-6/h4H,2-3H2,1H3. The van der Waals surface area contributed by atoms with Gasteiger partial charge in [-0.3, -0.25) is 0 Å². The molecular weight excluding hydrogens is 215 g/mol. The highest BCUT2D eigenvalue weighted by Crippen LogP contribution is 2.21. The largest absolute Gasteiger partial charge is 0.474 e. The van der Waals surface area contributed by atoms with Crippen LogP contribution >= 0.6 is 23.2 Å². The summed E-state index contributed by atoms with van der Waals surface area (Å²) in [6.45, 7) is 0.849. The Morgan fingerprint density at radius 1 is 1.38 bits per heavy atom. The predicted octanol–water partition coefficient (Wildman–Crippen LogP) is 1.81. The first-order valence-electron chi connectivity index (χ1n) is 3.54. The van der Waals surface area contributed by atoms with E-state index in [2.05, 4.69) is 9.97 Å². The molecule has 0 aliphatic heterocycles. The molecule has 1 aromatic heterocycles. The molecule has 0 atom stereocenters. The third-order valence-corrected chi connectivity index (χ3v) is 1.65. The summed E-state index contributed by atoms with van der Waals surface area (Å²) in [5, 5.41) is 0.442. The van der Waals surface area contributed by atoms with Gasteiger partial charge in [-0.1, -0.05) is 11.6 Å². The van der Waals surface area contributed by atoms with E-state index in [0.717, 1.165) is 0 Å². The molecule has 0 fully saturated rings. The lowest BCUT2D eigenvalue weighted by Crippen LogP contribution is -2.06. The van der Waals surface area contributed by atoms with Gasteiger partial charge in [0, 0.05) is 7.11 Å². The molecule has 0 spiro atoms. The third kappa shape index (κ3) is 3.34. The van der Waals surface area contributed by atoms with Gasteiger partial charge in [0.1, 0.15) is 11.6 Å². The van der Waals surface area contributed by atoms with Crippen molar-refractivity contribution in [3.8, 4) is 5.88 Å². The van der Waals surface area contributed by atoms with E-state index in [1.54, 1.807) is 7.11 Å². The fraction of sp³-hybridized carbons (Fsp3) is 0.429. The Morgan fingerprint density at radius 2 is 2.15 bits per heavy atom. The minimum Gasteiger partial charge on any atom is -0.474 e. The molecule has 72 valence electrons. The molecule has 1 rings (SSSR count). The van der Waals surface area contributed by atoms with Crippen LogP contribution in [0.4, 0.5) is 0 Å². The molecule has 0 saturated heterocycles. The van der Waals surface area contributed by atoms with Crippen molar-refractivity contribution in [2.75, 3.05) is 20.3 Å². The van der Waals surface area contributed by atoms with Crippen LogP contribution in [0.15, 0.2) is 6.20 Å². The molecule has 6 heteroatoms. The maximum Gasteiger partial charge on any atom is 0.237 e. The number of hydrogen-bond donors (Lipinski definition) is 0. The normalized spacial score (nSPS) is 10.1. The zero-order valence-corrected chi connectivity index (χ0v) is 8.47. The molecule has 0 aromatic carbocycles. The smallest absolute Gasteiger partial charge is 0.237 e. The van der Waals surface area contributed by atoms with Gasteiger partial charge in [-0.25, -0.2) is 4.98 Å². The van der Waals surface area contributed by atoms with E-state index in [1.807, 2.05) is 0 Å². The number of nitrogens with zero attached hydrogens (tertiary/aromatic N) is 2. The quantitative estimate of drug-likeness (QED) is 0.576. The first-order valence-corrected chi connectivity index (χ1v) is 4.29. The van der Waals surface area contributed by atoms with Crippen molar-refractivity contribution in [2.24, 2.45) is 0 Å². The van der Waals surface area contributed by atoms with Gasteiger partial charge >= 0.3 is 0 Å². The van der Waals surface area contributed by atoms with Gasteiger partial charge in [-0.2, -0.15) is 4.98 Å². The van der Waals surface area contributed by atoms with Gasteiger partial charge in [0.25, 0.3) is 0 Å². The van der Waals surface area contributed by atoms with Crippen molar-refractivity contribution in [2.45, 2.75) is 0 Å². The Bertz CT molecular complexity index is 283. The Hall–Kier alpha value is -0.580. The summed E-state index contributed by atoms with van der Waals surface area (Å²) < 4.78 is 9.95. The molecule has 4 nitrogen and oxygen atoms in total. The van der Waals surface area contributed by atoms with Crippen LogP contribution in [0.1, 0.15) is 0 Å². The second-order valence-electron chi connectivity index (χ2n) is 2.13. The van der Waals surface area contributed by atoms with Crippen LogP contribution in [0, 0.1) is 0 Å². The molecule has 0 unspecified atom stereocenters. The van der Waals surface area contributed by atoms with Crippen LogP contribution in [0.2, 0.25) is 10.3 Å². The summed E-state index contributed by atoms with van der Waals surface area (Å²) in [6, 6.07) is 0. The van der Waals surface area contributed by atoms with Gasteiger partial charge in [0.2, 0.25) is 11.2 Å². The average molecular weight is 223 g/mol. The lowest BCUT2D eigenvalue weighted by molar-refractivity contribution is 0.143. The van der Waals surface area contributed by atoms with Gasteiger partial charge < -0.3 is 9.47 Å². The first kappa shape index (κ1) is 10.5. The Morgan fingerprint density at radius 3 is 2.85 bits per heavy atom. The molecule has 1 heterocycles. The average Bonchev–Trinajstić information content (AvgIpc) is 2.11. The second-order valence-corrected chi connectivity index (χ2v) is 2.88. The lowest BCUT2D eigenvalue weighted by atomic mass is 10.6. The number of rotatable bonds is 4. The summed E-state index contributed by atoms with van der Waals surface area (Å²) in [4.78, 5) is 7.47. The van der Waals surface area contributed by atoms with E-state index in [9.17, 15) is 0 Å². The minimum absolute atomic E-state index is 0.108. The topological polar surface area (TPSA) is 44.2 Å². The third-order valence-electron chi connectivity index (χ3n) is 1.21. The predicted molar refractivity (Wildman–Crippen MR) is 49.4 cm³/mol. The summed E-state index contributed by atoms with van der Waals surface area (Å²) in [7, 11) is 1.58. The molecule has 0 N–H and O–H groups in total. The van der Waals surface area contributed by atoms with Gasteiger partial charge in [-0.15, -0.1) is 0 Å². The van der Waals surface area contributed by atoms with Crippen LogP contribution in [0.25, 0.3) is 0 Å². The van der Waals surface area contributed by atoms with Crippen LogP contribution < -0.4 is 4.74 Å². The summed E-state index contributed by atoms with van der Waals surface area (Å²) in [5.41, 5.74) is 0. The maximum absolute atomic E-state index is 5.73. The van der Waals surface area contributed by atoms with E-state index < -0.39 is 0 Å². The Labute approximate surface area is 85.8 Å². The van der Waals surface area contributed by atoms with Crippen LogP contribution in [-0.4, -0.2) is 30.3 Å². The Kier molecular flexibility index (Phi) is 4.21. The summed E-state index contributed by atoms with van der Waals surface area (Å²) in [6.07, 6.45) is 1.39. The monoisotopic (exact) mass is 222 g/mol. The van der Waals surface area contributed by atoms with E-state index >= 15 is 0 Å². The summed E-state index contributed by atoms with van der Waals surface area (Å²) in [5.74, 6) is 0.277. The van der Waals surface area contributed by atoms with Gasteiger partial charge in [0.15, 0.2) is 0 Å². The van der Waals surface area contributed by atoms with Crippen molar-refractivity contribution in [3.63, 3.8) is 0 Å². The highest BCUT2D eigenvalue weighted by Gasteiger charge is 2.04.